The van der Waals surface area contributed by atoms with E-state index < -0.39 is 0 Å². The molecular formula is C14H17Br2N5. The largest absolute Gasteiger partial charge is 0.339 e. The van der Waals surface area contributed by atoms with Gasteiger partial charge in [-0.15, -0.1) is 0 Å². The van der Waals surface area contributed by atoms with Crippen LogP contribution in [-0.2, 0) is 0 Å². The van der Waals surface area contributed by atoms with E-state index in [9.17, 15) is 0 Å². The second-order valence-corrected chi connectivity index (χ2v) is 6.72. The third-order valence-corrected chi connectivity index (χ3v) is 4.18. The van der Waals surface area contributed by atoms with Crippen LogP contribution in [-0.4, -0.2) is 9.97 Å². The van der Waals surface area contributed by atoms with Crippen molar-refractivity contribution in [1.29, 1.82) is 0 Å². The number of aromatic nitrogens is 2. The number of anilines is 3. The van der Waals surface area contributed by atoms with Crippen molar-refractivity contribution in [2.75, 3.05) is 10.7 Å². The Morgan fingerprint density at radius 1 is 1.14 bits per heavy atom. The zero-order valence-electron chi connectivity index (χ0n) is 12.0. The van der Waals surface area contributed by atoms with Gasteiger partial charge >= 0.3 is 0 Å². The predicted octanol–water partition coefficient (Wildman–Crippen LogP) is 4.46. The van der Waals surface area contributed by atoms with E-state index in [0.717, 1.165) is 31.8 Å². The first-order valence-electron chi connectivity index (χ1n) is 6.49. The predicted molar refractivity (Wildman–Crippen MR) is 93.8 cm³/mol. The maximum absolute atomic E-state index is 5.55. The lowest BCUT2D eigenvalue weighted by Crippen LogP contribution is -2.14. The highest BCUT2D eigenvalue weighted by Gasteiger charge is 2.13. The molecule has 4 N–H and O–H groups in total. The van der Waals surface area contributed by atoms with E-state index in [4.69, 9.17) is 5.84 Å². The highest BCUT2D eigenvalue weighted by atomic mass is 79.9. The number of hydrogen-bond donors (Lipinski definition) is 3. The minimum Gasteiger partial charge on any atom is -0.339 e. The lowest BCUT2D eigenvalue weighted by Gasteiger charge is -2.16. The molecule has 5 nitrogen and oxygen atoms in total. The molecule has 0 bridgehead atoms. The Bertz CT molecular complexity index is 658. The average Bonchev–Trinajstić information content (AvgIpc) is 2.44. The van der Waals surface area contributed by atoms with Crippen LogP contribution in [0.3, 0.4) is 0 Å². The molecule has 1 aromatic carbocycles. The van der Waals surface area contributed by atoms with Crippen molar-refractivity contribution < 1.29 is 0 Å². The first kappa shape index (κ1) is 16.2. The van der Waals surface area contributed by atoms with Crippen LogP contribution in [0.25, 0.3) is 0 Å². The molecule has 0 amide bonds. The number of benzene rings is 1. The van der Waals surface area contributed by atoms with Gasteiger partial charge in [0.05, 0.1) is 5.69 Å². The fourth-order valence-corrected chi connectivity index (χ4v) is 2.48. The molecule has 21 heavy (non-hydrogen) atoms. The van der Waals surface area contributed by atoms with Crippen LogP contribution in [0.15, 0.2) is 27.1 Å². The van der Waals surface area contributed by atoms with Gasteiger partial charge in [0.1, 0.15) is 17.5 Å². The molecule has 2 rings (SSSR count). The fraction of sp³-hybridized carbons (Fsp3) is 0.286. The van der Waals surface area contributed by atoms with Crippen LogP contribution in [0.2, 0.25) is 0 Å². The Hall–Kier alpha value is -1.18. The summed E-state index contributed by atoms with van der Waals surface area (Å²) >= 11 is 7.00. The van der Waals surface area contributed by atoms with Gasteiger partial charge in [0.15, 0.2) is 0 Å². The van der Waals surface area contributed by atoms with Crippen LogP contribution in [0.4, 0.5) is 17.3 Å². The highest BCUT2D eigenvalue weighted by Crippen LogP contribution is 2.31. The summed E-state index contributed by atoms with van der Waals surface area (Å²) in [5.41, 5.74) is 4.42. The van der Waals surface area contributed by atoms with Gasteiger partial charge in [-0.25, -0.2) is 15.8 Å². The lowest BCUT2D eigenvalue weighted by atomic mass is 10.2. The molecule has 0 aliphatic carbocycles. The average molecular weight is 415 g/mol. The minimum absolute atomic E-state index is 0.212. The first-order valence-corrected chi connectivity index (χ1v) is 8.08. The third kappa shape index (κ3) is 3.72. The normalized spacial score (nSPS) is 10.8. The van der Waals surface area contributed by atoms with E-state index in [2.05, 4.69) is 52.6 Å². The molecule has 0 spiro atoms. The standard InChI is InChI=1S/C14H17Br2N5/c1-7(2)12-19-13(8(3)14(20-12)21-17)18-11-6-9(15)4-5-10(11)16/h4-7H,17H2,1-3H3,(H2,18,19,20,21). The summed E-state index contributed by atoms with van der Waals surface area (Å²) in [5, 5.41) is 3.33. The van der Waals surface area contributed by atoms with E-state index in [0.29, 0.717) is 5.82 Å². The minimum atomic E-state index is 0.212. The molecule has 2 aromatic rings. The first-order chi connectivity index (χ1) is 9.92. The fourth-order valence-electron chi connectivity index (χ4n) is 1.78. The lowest BCUT2D eigenvalue weighted by molar-refractivity contribution is 0.774. The molecule has 1 heterocycles. The number of rotatable bonds is 4. The Kier molecular flexibility index (Phi) is 5.18. The SMILES string of the molecule is Cc1c(NN)nc(C(C)C)nc1Nc1cc(Br)ccc1Br. The maximum atomic E-state index is 5.55. The Morgan fingerprint density at radius 3 is 2.43 bits per heavy atom. The molecule has 0 unspecified atom stereocenters. The Labute approximate surface area is 141 Å². The molecule has 0 fully saturated rings. The molecular weight excluding hydrogens is 398 g/mol. The van der Waals surface area contributed by atoms with Crippen LogP contribution in [0.5, 0.6) is 0 Å². The molecule has 7 heteroatoms. The van der Waals surface area contributed by atoms with Gasteiger partial charge in [-0.2, -0.15) is 0 Å². The number of nitrogens with one attached hydrogen (secondary N) is 2. The zero-order valence-corrected chi connectivity index (χ0v) is 15.2. The summed E-state index contributed by atoms with van der Waals surface area (Å²) in [5.74, 6) is 7.87. The number of nitrogens with two attached hydrogens (primary N) is 1. The second kappa shape index (κ2) is 6.72. The molecule has 1 aromatic heterocycles. The van der Waals surface area contributed by atoms with E-state index in [1.54, 1.807) is 0 Å². The van der Waals surface area contributed by atoms with E-state index in [1.165, 1.54) is 0 Å². The van der Waals surface area contributed by atoms with Crippen molar-refractivity contribution in [3.8, 4) is 0 Å². The van der Waals surface area contributed by atoms with Crippen molar-refractivity contribution in [3.63, 3.8) is 0 Å². The molecule has 0 saturated carbocycles. The van der Waals surface area contributed by atoms with Crippen LogP contribution < -0.4 is 16.6 Å². The summed E-state index contributed by atoms with van der Waals surface area (Å²) in [6, 6.07) is 5.92. The third-order valence-electron chi connectivity index (χ3n) is 3.00. The van der Waals surface area contributed by atoms with Gasteiger partial charge in [-0.3, -0.25) is 0 Å². The zero-order chi connectivity index (χ0) is 15.6. The number of hydrazine groups is 1. The number of nitrogen functional groups attached to an aromatic ring is 1. The number of hydrogen-bond acceptors (Lipinski definition) is 5. The summed E-state index contributed by atoms with van der Waals surface area (Å²) in [7, 11) is 0. The van der Waals surface area contributed by atoms with E-state index in [1.807, 2.05) is 39.0 Å². The quantitative estimate of drug-likeness (QED) is 0.508. The summed E-state index contributed by atoms with van der Waals surface area (Å²) in [6.45, 7) is 6.01. The van der Waals surface area contributed by atoms with Gasteiger partial charge in [-0.1, -0.05) is 29.8 Å². The molecule has 0 radical (unpaired) electrons. The molecule has 112 valence electrons. The van der Waals surface area contributed by atoms with Crippen LogP contribution >= 0.6 is 31.9 Å². The monoisotopic (exact) mass is 413 g/mol. The van der Waals surface area contributed by atoms with Gasteiger partial charge in [0, 0.05) is 20.4 Å². The van der Waals surface area contributed by atoms with Crippen molar-refractivity contribution >= 4 is 49.2 Å². The Morgan fingerprint density at radius 2 is 1.81 bits per heavy atom. The maximum Gasteiger partial charge on any atom is 0.148 e. The van der Waals surface area contributed by atoms with Crippen molar-refractivity contribution in [2.45, 2.75) is 26.7 Å². The molecule has 0 atom stereocenters. The smallest absolute Gasteiger partial charge is 0.148 e. The van der Waals surface area contributed by atoms with Gasteiger partial charge in [-0.05, 0) is 41.1 Å². The van der Waals surface area contributed by atoms with Gasteiger partial charge in [0.2, 0.25) is 0 Å². The highest BCUT2D eigenvalue weighted by molar-refractivity contribution is 9.11. The van der Waals surface area contributed by atoms with Crippen molar-refractivity contribution in [2.24, 2.45) is 5.84 Å². The van der Waals surface area contributed by atoms with E-state index in [-0.39, 0.29) is 5.92 Å². The second-order valence-electron chi connectivity index (χ2n) is 4.95. The summed E-state index contributed by atoms with van der Waals surface area (Å²) < 4.78 is 1.94. The van der Waals surface area contributed by atoms with Gasteiger partial charge < -0.3 is 10.7 Å². The van der Waals surface area contributed by atoms with Crippen molar-refractivity contribution in [3.05, 3.63) is 38.5 Å². The van der Waals surface area contributed by atoms with E-state index >= 15 is 0 Å². The summed E-state index contributed by atoms with van der Waals surface area (Å²) in [6.07, 6.45) is 0. The molecule has 0 aliphatic heterocycles. The van der Waals surface area contributed by atoms with Crippen LogP contribution in [0.1, 0.15) is 31.2 Å². The number of halogens is 2. The van der Waals surface area contributed by atoms with Gasteiger partial charge in [0.25, 0.3) is 0 Å². The topological polar surface area (TPSA) is 75.9 Å². The summed E-state index contributed by atoms with van der Waals surface area (Å²) in [4.78, 5) is 9.02. The van der Waals surface area contributed by atoms with Crippen LogP contribution in [0, 0.1) is 6.92 Å². The Balaban J connectivity index is 2.47. The molecule has 0 aliphatic rings. The number of nitrogens with zero attached hydrogens (tertiary/aromatic N) is 2. The van der Waals surface area contributed by atoms with Crippen molar-refractivity contribution in [1.82, 2.24) is 9.97 Å². The molecule has 0 saturated heterocycles.